The molecule has 4 aromatic rings. The molecule has 26 heavy (non-hydrogen) atoms. The molecule has 0 bridgehead atoms. The van der Waals surface area contributed by atoms with Gasteiger partial charge in [-0.25, -0.2) is 4.98 Å². The summed E-state index contributed by atoms with van der Waals surface area (Å²) in [6, 6.07) is 18.9. The van der Waals surface area contributed by atoms with Crippen LogP contribution < -0.4 is 5.32 Å². The number of amides is 1. The second kappa shape index (κ2) is 6.80. The fourth-order valence-corrected chi connectivity index (χ4v) is 2.99. The average Bonchev–Trinajstić information content (AvgIpc) is 3.06. The molecule has 0 radical (unpaired) electrons. The standard InChI is InChI=1S/C21H18N4O/c1-15-13-25-14-17(10-11-19(25)23-15)21(26)24-20(16-7-3-2-4-8-16)18-9-5-6-12-22-18/h2-14,20H,1H3,(H,24,26). The lowest BCUT2D eigenvalue weighted by Gasteiger charge is -2.19. The van der Waals surface area contributed by atoms with Crippen molar-refractivity contribution in [3.05, 3.63) is 102 Å². The summed E-state index contributed by atoms with van der Waals surface area (Å²) in [4.78, 5) is 21.7. The number of carbonyl (C=O) groups is 1. The molecule has 0 aliphatic rings. The molecule has 1 unspecified atom stereocenters. The van der Waals surface area contributed by atoms with E-state index < -0.39 is 0 Å². The molecule has 1 amide bonds. The Morgan fingerprint density at radius 2 is 1.81 bits per heavy atom. The van der Waals surface area contributed by atoms with Crippen molar-refractivity contribution in [2.45, 2.75) is 13.0 Å². The highest BCUT2D eigenvalue weighted by atomic mass is 16.1. The Morgan fingerprint density at radius 3 is 2.58 bits per heavy atom. The number of aromatic nitrogens is 3. The summed E-state index contributed by atoms with van der Waals surface area (Å²) >= 11 is 0. The van der Waals surface area contributed by atoms with Gasteiger partial charge < -0.3 is 9.72 Å². The lowest BCUT2D eigenvalue weighted by Crippen LogP contribution is -2.30. The smallest absolute Gasteiger partial charge is 0.253 e. The number of nitrogens with one attached hydrogen (secondary N) is 1. The number of aryl methyl sites for hydroxylation is 1. The van der Waals surface area contributed by atoms with Crippen LogP contribution in [0.3, 0.4) is 0 Å². The van der Waals surface area contributed by atoms with E-state index in [0.29, 0.717) is 5.56 Å². The molecule has 0 saturated heterocycles. The molecule has 1 N–H and O–H groups in total. The lowest BCUT2D eigenvalue weighted by molar-refractivity contribution is 0.0942. The van der Waals surface area contributed by atoms with E-state index in [4.69, 9.17) is 0 Å². The maximum atomic E-state index is 12.9. The van der Waals surface area contributed by atoms with E-state index >= 15 is 0 Å². The van der Waals surface area contributed by atoms with Crippen LogP contribution in [0.15, 0.2) is 79.3 Å². The van der Waals surface area contributed by atoms with Gasteiger partial charge in [0.15, 0.2) is 0 Å². The minimum Gasteiger partial charge on any atom is -0.339 e. The molecule has 5 nitrogen and oxygen atoms in total. The van der Waals surface area contributed by atoms with Gasteiger partial charge in [-0.15, -0.1) is 0 Å². The van der Waals surface area contributed by atoms with Crippen LogP contribution in [0, 0.1) is 6.92 Å². The average molecular weight is 342 g/mol. The monoisotopic (exact) mass is 342 g/mol. The molecule has 0 aliphatic heterocycles. The number of carbonyl (C=O) groups excluding carboxylic acids is 1. The third kappa shape index (κ3) is 3.19. The summed E-state index contributed by atoms with van der Waals surface area (Å²) in [6.45, 7) is 1.93. The van der Waals surface area contributed by atoms with Crippen molar-refractivity contribution >= 4 is 11.6 Å². The molecule has 1 aromatic carbocycles. The molecular weight excluding hydrogens is 324 g/mol. The van der Waals surface area contributed by atoms with Gasteiger partial charge in [0.1, 0.15) is 5.65 Å². The fraction of sp³-hybridized carbons (Fsp3) is 0.0952. The lowest BCUT2D eigenvalue weighted by atomic mass is 10.0. The number of hydrogen-bond acceptors (Lipinski definition) is 3. The van der Waals surface area contributed by atoms with Crippen molar-refractivity contribution in [3.8, 4) is 0 Å². The zero-order chi connectivity index (χ0) is 17.9. The van der Waals surface area contributed by atoms with Gasteiger partial charge in [0.05, 0.1) is 23.0 Å². The molecule has 1 atom stereocenters. The van der Waals surface area contributed by atoms with Gasteiger partial charge in [-0.1, -0.05) is 36.4 Å². The Hall–Kier alpha value is -3.47. The van der Waals surface area contributed by atoms with Crippen LogP contribution in [-0.4, -0.2) is 20.3 Å². The largest absolute Gasteiger partial charge is 0.339 e. The number of rotatable bonds is 4. The van der Waals surface area contributed by atoms with Crippen molar-refractivity contribution in [1.29, 1.82) is 0 Å². The first-order valence-electron chi connectivity index (χ1n) is 8.43. The SMILES string of the molecule is Cc1cn2cc(C(=O)NC(c3ccccc3)c3ccccn3)ccc2n1. The minimum absolute atomic E-state index is 0.155. The van der Waals surface area contributed by atoms with Crippen LogP contribution in [0.2, 0.25) is 0 Å². The van der Waals surface area contributed by atoms with Crippen LogP contribution in [0.25, 0.3) is 5.65 Å². The molecule has 0 aliphatic carbocycles. The predicted octanol–water partition coefficient (Wildman–Crippen LogP) is 3.56. The molecule has 0 spiro atoms. The summed E-state index contributed by atoms with van der Waals surface area (Å²) in [7, 11) is 0. The summed E-state index contributed by atoms with van der Waals surface area (Å²) in [5, 5.41) is 3.10. The van der Waals surface area contributed by atoms with Crippen LogP contribution in [-0.2, 0) is 0 Å². The van der Waals surface area contributed by atoms with Crippen molar-refractivity contribution in [2.75, 3.05) is 0 Å². The number of hydrogen-bond donors (Lipinski definition) is 1. The first kappa shape index (κ1) is 16.0. The van der Waals surface area contributed by atoms with E-state index in [0.717, 1.165) is 22.6 Å². The van der Waals surface area contributed by atoms with E-state index in [1.165, 1.54) is 0 Å². The maximum Gasteiger partial charge on any atom is 0.253 e. The third-order valence-electron chi connectivity index (χ3n) is 4.23. The van der Waals surface area contributed by atoms with Crippen molar-refractivity contribution < 1.29 is 4.79 Å². The van der Waals surface area contributed by atoms with E-state index in [9.17, 15) is 4.79 Å². The Balaban J connectivity index is 1.67. The van der Waals surface area contributed by atoms with E-state index in [2.05, 4.69) is 15.3 Å². The van der Waals surface area contributed by atoms with E-state index in [-0.39, 0.29) is 11.9 Å². The molecule has 3 aromatic heterocycles. The third-order valence-corrected chi connectivity index (χ3v) is 4.23. The quantitative estimate of drug-likeness (QED) is 0.617. The summed E-state index contributed by atoms with van der Waals surface area (Å²) in [5.41, 5.74) is 4.10. The van der Waals surface area contributed by atoms with Gasteiger partial charge in [-0.2, -0.15) is 0 Å². The Morgan fingerprint density at radius 1 is 1.00 bits per heavy atom. The normalized spacial score (nSPS) is 12.0. The van der Waals surface area contributed by atoms with Crippen LogP contribution in [0.4, 0.5) is 0 Å². The Bertz CT molecular complexity index is 1000. The molecular formula is C21H18N4O. The molecule has 0 fully saturated rings. The van der Waals surface area contributed by atoms with Gasteiger partial charge >= 0.3 is 0 Å². The molecule has 4 rings (SSSR count). The number of pyridine rings is 2. The first-order chi connectivity index (χ1) is 12.7. The highest BCUT2D eigenvalue weighted by molar-refractivity contribution is 5.94. The van der Waals surface area contributed by atoms with Gasteiger partial charge in [0.2, 0.25) is 0 Å². The second-order valence-corrected chi connectivity index (χ2v) is 6.14. The first-order valence-corrected chi connectivity index (χ1v) is 8.43. The number of nitrogens with zero attached hydrogens (tertiary/aromatic N) is 3. The van der Waals surface area contributed by atoms with E-state index in [1.54, 1.807) is 18.5 Å². The fourth-order valence-electron chi connectivity index (χ4n) is 2.99. The molecule has 5 heteroatoms. The summed E-state index contributed by atoms with van der Waals surface area (Å²) < 4.78 is 1.86. The number of benzene rings is 1. The topological polar surface area (TPSA) is 59.3 Å². The summed E-state index contributed by atoms with van der Waals surface area (Å²) in [5.74, 6) is -0.155. The van der Waals surface area contributed by atoms with E-state index in [1.807, 2.05) is 72.1 Å². The Labute approximate surface area is 151 Å². The second-order valence-electron chi connectivity index (χ2n) is 6.14. The Kier molecular flexibility index (Phi) is 4.19. The molecule has 128 valence electrons. The van der Waals surface area contributed by atoms with Crippen molar-refractivity contribution in [3.63, 3.8) is 0 Å². The van der Waals surface area contributed by atoms with Crippen LogP contribution in [0.5, 0.6) is 0 Å². The highest BCUT2D eigenvalue weighted by Gasteiger charge is 2.19. The molecule has 3 heterocycles. The zero-order valence-electron chi connectivity index (χ0n) is 14.3. The van der Waals surface area contributed by atoms with Gasteiger partial charge in [0.25, 0.3) is 5.91 Å². The zero-order valence-corrected chi connectivity index (χ0v) is 14.3. The predicted molar refractivity (Wildman–Crippen MR) is 99.9 cm³/mol. The molecule has 0 saturated carbocycles. The maximum absolute atomic E-state index is 12.9. The van der Waals surface area contributed by atoms with Crippen molar-refractivity contribution in [1.82, 2.24) is 19.7 Å². The number of imidazole rings is 1. The van der Waals surface area contributed by atoms with Crippen LogP contribution in [0.1, 0.15) is 33.4 Å². The highest BCUT2D eigenvalue weighted by Crippen LogP contribution is 2.20. The minimum atomic E-state index is -0.315. The van der Waals surface area contributed by atoms with Gasteiger partial charge in [0, 0.05) is 18.6 Å². The van der Waals surface area contributed by atoms with Crippen molar-refractivity contribution in [2.24, 2.45) is 0 Å². The summed E-state index contributed by atoms with van der Waals surface area (Å²) in [6.07, 6.45) is 5.43. The number of fused-ring (bicyclic) bond motifs is 1. The van der Waals surface area contributed by atoms with Gasteiger partial charge in [-0.05, 0) is 36.8 Å². The van der Waals surface area contributed by atoms with Crippen LogP contribution >= 0.6 is 0 Å². The van der Waals surface area contributed by atoms with Gasteiger partial charge in [-0.3, -0.25) is 9.78 Å².